The molecule has 0 bridgehead atoms. The Morgan fingerprint density at radius 2 is 2.25 bits per heavy atom. The van der Waals surface area contributed by atoms with Gasteiger partial charge in [-0.05, 0) is 38.0 Å². The second kappa shape index (κ2) is 6.69. The Morgan fingerprint density at radius 1 is 1.42 bits per heavy atom. The summed E-state index contributed by atoms with van der Waals surface area (Å²) in [6.07, 6.45) is 1.71. The summed E-state index contributed by atoms with van der Waals surface area (Å²) >= 11 is 0. The van der Waals surface area contributed by atoms with Gasteiger partial charge in [0.1, 0.15) is 17.9 Å². The van der Waals surface area contributed by atoms with Crippen LogP contribution >= 0.6 is 0 Å². The molecule has 1 atom stereocenters. The molecular weight excluding hydrogens is 312 g/mol. The summed E-state index contributed by atoms with van der Waals surface area (Å²) in [5.41, 5.74) is 2.49. The first kappa shape index (κ1) is 16.0. The summed E-state index contributed by atoms with van der Waals surface area (Å²) in [6.45, 7) is 2.25. The Hall–Kier alpha value is -2.90. The quantitative estimate of drug-likeness (QED) is 0.861. The summed E-state index contributed by atoms with van der Waals surface area (Å²) in [4.78, 5) is 25.3. The Balaban J connectivity index is 1.79. The number of aliphatic carboxylic acids is 1. The Bertz CT molecular complexity index is 758. The van der Waals surface area contributed by atoms with Gasteiger partial charge in [-0.1, -0.05) is 16.4 Å². The average Bonchev–Trinajstić information content (AvgIpc) is 3.20. The second-order valence-electron chi connectivity index (χ2n) is 5.72. The van der Waals surface area contributed by atoms with Gasteiger partial charge < -0.3 is 15.3 Å². The summed E-state index contributed by atoms with van der Waals surface area (Å²) < 4.78 is 4.76. The van der Waals surface area contributed by atoms with Crippen molar-refractivity contribution >= 4 is 17.6 Å². The standard InChI is InChI=1S/C16H18N4O4/c1-10-15(19-24-18-10)13-6-3-7-20(13)16(23)11-4-2-5-12(8-11)17-9-14(21)22/h2,4-5,8,13,17H,3,6-7,9H2,1H3,(H,21,22)/t13-/m0/s1. The van der Waals surface area contributed by atoms with E-state index in [2.05, 4.69) is 15.6 Å². The highest BCUT2D eigenvalue weighted by Crippen LogP contribution is 2.33. The minimum atomic E-state index is -0.958. The molecule has 24 heavy (non-hydrogen) atoms. The molecule has 1 saturated heterocycles. The van der Waals surface area contributed by atoms with E-state index >= 15 is 0 Å². The second-order valence-corrected chi connectivity index (χ2v) is 5.72. The number of amides is 1. The number of aryl methyl sites for hydroxylation is 1. The van der Waals surface area contributed by atoms with Crippen LogP contribution in [0.1, 0.15) is 40.6 Å². The van der Waals surface area contributed by atoms with Crippen LogP contribution in [0.15, 0.2) is 28.9 Å². The number of hydrogen-bond donors (Lipinski definition) is 2. The largest absolute Gasteiger partial charge is 0.480 e. The Labute approximate surface area is 138 Å². The van der Waals surface area contributed by atoms with Crippen LogP contribution in [0, 0.1) is 6.92 Å². The van der Waals surface area contributed by atoms with Crippen molar-refractivity contribution in [2.45, 2.75) is 25.8 Å². The SMILES string of the molecule is Cc1nonc1[C@@H]1CCCN1C(=O)c1cccc(NCC(=O)O)c1. The van der Waals surface area contributed by atoms with E-state index in [0.717, 1.165) is 12.8 Å². The molecule has 1 amide bonds. The Kier molecular flexibility index (Phi) is 4.45. The van der Waals surface area contributed by atoms with Crippen LogP contribution in [0.3, 0.4) is 0 Å². The van der Waals surface area contributed by atoms with Gasteiger partial charge in [0, 0.05) is 17.8 Å². The predicted octanol–water partition coefficient (Wildman–Crippen LogP) is 1.85. The van der Waals surface area contributed by atoms with E-state index in [1.165, 1.54) is 0 Å². The predicted molar refractivity (Wildman–Crippen MR) is 84.6 cm³/mol. The van der Waals surface area contributed by atoms with E-state index in [1.807, 2.05) is 6.92 Å². The summed E-state index contributed by atoms with van der Waals surface area (Å²) in [5.74, 6) is -1.07. The highest BCUT2D eigenvalue weighted by molar-refractivity contribution is 5.95. The van der Waals surface area contributed by atoms with Crippen molar-refractivity contribution in [1.29, 1.82) is 0 Å². The van der Waals surface area contributed by atoms with Crippen molar-refractivity contribution in [1.82, 2.24) is 15.2 Å². The summed E-state index contributed by atoms with van der Waals surface area (Å²) in [5, 5.41) is 19.2. The number of anilines is 1. The fourth-order valence-corrected chi connectivity index (χ4v) is 2.94. The number of nitrogens with zero attached hydrogens (tertiary/aromatic N) is 3. The molecule has 3 rings (SSSR count). The van der Waals surface area contributed by atoms with E-state index < -0.39 is 5.97 Å². The van der Waals surface area contributed by atoms with Gasteiger partial charge in [-0.3, -0.25) is 9.59 Å². The highest BCUT2D eigenvalue weighted by Gasteiger charge is 2.34. The molecule has 1 aliphatic heterocycles. The molecule has 1 aliphatic rings. The molecule has 1 aromatic carbocycles. The molecule has 0 unspecified atom stereocenters. The lowest BCUT2D eigenvalue weighted by atomic mass is 10.1. The van der Waals surface area contributed by atoms with Crippen LogP contribution in [0.25, 0.3) is 0 Å². The zero-order chi connectivity index (χ0) is 17.1. The maximum atomic E-state index is 12.9. The molecule has 0 spiro atoms. The van der Waals surface area contributed by atoms with E-state index in [-0.39, 0.29) is 18.5 Å². The van der Waals surface area contributed by atoms with Gasteiger partial charge in [0.2, 0.25) is 0 Å². The molecule has 1 fully saturated rings. The molecular formula is C16H18N4O4. The van der Waals surface area contributed by atoms with Crippen molar-refractivity contribution in [2.75, 3.05) is 18.4 Å². The van der Waals surface area contributed by atoms with Crippen LogP contribution in [-0.2, 0) is 4.79 Å². The first-order valence-electron chi connectivity index (χ1n) is 7.72. The van der Waals surface area contributed by atoms with Crippen LogP contribution in [0.5, 0.6) is 0 Å². The average molecular weight is 330 g/mol. The van der Waals surface area contributed by atoms with Gasteiger partial charge in [0.05, 0.1) is 6.04 Å². The number of rotatable bonds is 5. The molecule has 0 saturated carbocycles. The van der Waals surface area contributed by atoms with Crippen LogP contribution in [0.2, 0.25) is 0 Å². The summed E-state index contributed by atoms with van der Waals surface area (Å²) in [6, 6.07) is 6.70. The monoisotopic (exact) mass is 330 g/mol. The highest BCUT2D eigenvalue weighted by atomic mass is 16.6. The van der Waals surface area contributed by atoms with Gasteiger partial charge in [-0.2, -0.15) is 0 Å². The number of carbonyl (C=O) groups is 2. The number of carbonyl (C=O) groups excluding carboxylic acids is 1. The van der Waals surface area contributed by atoms with Crippen LogP contribution < -0.4 is 5.32 Å². The van der Waals surface area contributed by atoms with E-state index in [0.29, 0.717) is 29.2 Å². The minimum absolute atomic E-state index is 0.112. The van der Waals surface area contributed by atoms with Crippen molar-refractivity contribution in [3.8, 4) is 0 Å². The lowest BCUT2D eigenvalue weighted by molar-refractivity contribution is -0.134. The number of nitrogens with one attached hydrogen (secondary N) is 1. The van der Waals surface area contributed by atoms with Crippen LogP contribution in [0.4, 0.5) is 5.69 Å². The molecule has 126 valence electrons. The van der Waals surface area contributed by atoms with Gasteiger partial charge in [-0.15, -0.1) is 0 Å². The lowest BCUT2D eigenvalue weighted by Crippen LogP contribution is -2.31. The first-order chi connectivity index (χ1) is 11.6. The minimum Gasteiger partial charge on any atom is -0.480 e. The van der Waals surface area contributed by atoms with Crippen molar-refractivity contribution in [3.63, 3.8) is 0 Å². The fourth-order valence-electron chi connectivity index (χ4n) is 2.94. The smallest absolute Gasteiger partial charge is 0.322 e. The first-order valence-corrected chi connectivity index (χ1v) is 7.72. The van der Waals surface area contributed by atoms with Crippen molar-refractivity contribution in [2.24, 2.45) is 0 Å². The van der Waals surface area contributed by atoms with E-state index in [1.54, 1.807) is 29.2 Å². The zero-order valence-corrected chi connectivity index (χ0v) is 13.2. The summed E-state index contributed by atoms with van der Waals surface area (Å²) in [7, 11) is 0. The van der Waals surface area contributed by atoms with Crippen molar-refractivity contribution in [3.05, 3.63) is 41.2 Å². The molecule has 2 N–H and O–H groups in total. The molecule has 0 radical (unpaired) electrons. The van der Waals surface area contributed by atoms with Gasteiger partial charge >= 0.3 is 5.97 Å². The number of benzene rings is 1. The third-order valence-corrected chi connectivity index (χ3v) is 4.07. The number of aromatic nitrogens is 2. The van der Waals surface area contributed by atoms with Crippen molar-refractivity contribution < 1.29 is 19.3 Å². The third kappa shape index (κ3) is 3.22. The molecule has 8 nitrogen and oxygen atoms in total. The molecule has 1 aromatic heterocycles. The maximum Gasteiger partial charge on any atom is 0.322 e. The molecule has 8 heteroatoms. The zero-order valence-electron chi connectivity index (χ0n) is 13.2. The van der Waals surface area contributed by atoms with E-state index in [9.17, 15) is 9.59 Å². The van der Waals surface area contributed by atoms with E-state index in [4.69, 9.17) is 9.74 Å². The molecule has 0 aliphatic carbocycles. The van der Waals surface area contributed by atoms with Crippen LogP contribution in [-0.4, -0.2) is 45.3 Å². The molecule has 2 aromatic rings. The number of carboxylic acid groups (broad SMARTS) is 1. The number of likely N-dealkylation sites (tertiary alicyclic amines) is 1. The van der Waals surface area contributed by atoms with Gasteiger partial charge in [-0.25, -0.2) is 4.63 Å². The van der Waals surface area contributed by atoms with Gasteiger partial charge in [0.15, 0.2) is 0 Å². The maximum absolute atomic E-state index is 12.9. The normalized spacial score (nSPS) is 17.0. The number of hydrogen-bond acceptors (Lipinski definition) is 6. The molecule has 2 heterocycles. The lowest BCUT2D eigenvalue weighted by Gasteiger charge is -2.23. The number of carboxylic acids is 1. The fraction of sp³-hybridized carbons (Fsp3) is 0.375. The topological polar surface area (TPSA) is 109 Å². The third-order valence-electron chi connectivity index (χ3n) is 4.07. The van der Waals surface area contributed by atoms with Gasteiger partial charge in [0.25, 0.3) is 5.91 Å². The Morgan fingerprint density at radius 3 is 2.96 bits per heavy atom.